The number of aromatic nitrogens is 5. The van der Waals surface area contributed by atoms with Crippen molar-refractivity contribution in [3.8, 4) is 67.8 Å². The van der Waals surface area contributed by atoms with E-state index in [-0.39, 0.29) is 0 Å². The first-order valence-electron chi connectivity index (χ1n) is 23.3. The second-order valence-corrected chi connectivity index (χ2v) is 18.6. The van der Waals surface area contributed by atoms with Crippen molar-refractivity contribution >= 4 is 75.1 Å². The molecule has 69 heavy (non-hydrogen) atoms. The molecule has 0 radical (unpaired) electrons. The van der Waals surface area contributed by atoms with E-state index in [9.17, 15) is 0 Å². The lowest BCUT2D eigenvalue weighted by Gasteiger charge is -2.12. The monoisotopic (exact) mass is 897 g/mol. The van der Waals surface area contributed by atoms with Gasteiger partial charge in [-0.15, -0.1) is 11.3 Å². The Bertz CT molecular complexity index is 4220. The molecule has 0 amide bonds. The zero-order valence-electron chi connectivity index (χ0n) is 37.2. The topological polar surface area (TPSA) is 48.5 Å². The molecule has 14 rings (SSSR count). The average molecular weight is 898 g/mol. The van der Waals surface area contributed by atoms with Gasteiger partial charge < -0.3 is 9.13 Å². The van der Waals surface area contributed by atoms with Crippen molar-refractivity contribution in [2.45, 2.75) is 0 Å². The molecule has 0 aliphatic carbocycles. The van der Waals surface area contributed by atoms with Gasteiger partial charge in [0.2, 0.25) is 0 Å². The fourth-order valence-electron chi connectivity index (χ4n) is 10.3. The van der Waals surface area contributed by atoms with Gasteiger partial charge >= 0.3 is 0 Å². The Balaban J connectivity index is 0.818. The molecular weight excluding hydrogens is 859 g/mol. The van der Waals surface area contributed by atoms with Crippen molar-refractivity contribution in [3.05, 3.63) is 237 Å². The average Bonchev–Trinajstić information content (AvgIpc) is 4.09. The highest BCUT2D eigenvalue weighted by atomic mass is 32.1. The molecule has 0 fully saturated rings. The van der Waals surface area contributed by atoms with E-state index in [1.807, 2.05) is 72.0 Å². The van der Waals surface area contributed by atoms with Crippen molar-refractivity contribution in [2.75, 3.05) is 0 Å². The zero-order valence-corrected chi connectivity index (χ0v) is 38.0. The van der Waals surface area contributed by atoms with Gasteiger partial charge in [0.15, 0.2) is 17.5 Å². The SMILES string of the molecule is c1ccc(-c2nc(-c3ccccc3)nc(-c3ccc(-c4ccc(-n5c6ccccc6c6cc(-n7c8ccccc8c8cc(-c9cccc%10c9sc9ccccc9%10)ccc87)ccc65)cc4)cc3)n2)cc1. The van der Waals surface area contributed by atoms with Crippen molar-refractivity contribution in [1.29, 1.82) is 0 Å². The van der Waals surface area contributed by atoms with Gasteiger partial charge in [0.05, 0.1) is 22.1 Å². The van der Waals surface area contributed by atoms with Crippen LogP contribution in [0.25, 0.3) is 132 Å². The minimum Gasteiger partial charge on any atom is -0.309 e. The molecular formula is C63H39N5S. The third-order valence-electron chi connectivity index (χ3n) is 13.6. The summed E-state index contributed by atoms with van der Waals surface area (Å²) in [5, 5.41) is 7.57. The summed E-state index contributed by atoms with van der Waals surface area (Å²) in [4.78, 5) is 14.7. The van der Waals surface area contributed by atoms with Gasteiger partial charge in [-0.05, 0) is 82.9 Å². The van der Waals surface area contributed by atoms with E-state index in [1.165, 1.54) is 74.9 Å². The normalized spacial score (nSPS) is 11.8. The Hall–Kier alpha value is -8.97. The fourth-order valence-corrected chi connectivity index (χ4v) is 11.6. The number of benzene rings is 10. The molecule has 0 atom stereocenters. The van der Waals surface area contributed by atoms with Crippen LogP contribution in [0.15, 0.2) is 237 Å². The molecule has 0 saturated carbocycles. The Labute approximate surface area is 401 Å². The number of nitrogens with zero attached hydrogens (tertiary/aromatic N) is 5. The molecule has 4 heterocycles. The van der Waals surface area contributed by atoms with Gasteiger partial charge in [-0.25, -0.2) is 15.0 Å². The highest BCUT2D eigenvalue weighted by Crippen LogP contribution is 2.43. The second-order valence-electron chi connectivity index (χ2n) is 17.6. The lowest BCUT2D eigenvalue weighted by Crippen LogP contribution is -2.00. The number of hydrogen-bond donors (Lipinski definition) is 0. The molecule has 14 aromatic rings. The van der Waals surface area contributed by atoms with Crippen molar-refractivity contribution in [3.63, 3.8) is 0 Å². The smallest absolute Gasteiger partial charge is 0.164 e. The zero-order chi connectivity index (χ0) is 45.4. The molecule has 6 heteroatoms. The maximum atomic E-state index is 4.94. The first-order valence-corrected chi connectivity index (χ1v) is 24.1. The molecule has 0 saturated heterocycles. The Morgan fingerprint density at radius 3 is 1.35 bits per heavy atom. The van der Waals surface area contributed by atoms with Crippen molar-refractivity contribution in [2.24, 2.45) is 0 Å². The predicted molar refractivity (Wildman–Crippen MR) is 289 cm³/mol. The second kappa shape index (κ2) is 15.8. The highest BCUT2D eigenvalue weighted by Gasteiger charge is 2.19. The maximum absolute atomic E-state index is 4.94. The Kier molecular flexibility index (Phi) is 9.00. The van der Waals surface area contributed by atoms with Crippen molar-refractivity contribution in [1.82, 2.24) is 24.1 Å². The van der Waals surface area contributed by atoms with Crippen LogP contribution in [0.4, 0.5) is 0 Å². The summed E-state index contributed by atoms with van der Waals surface area (Å²) in [6.45, 7) is 0. The molecule has 0 spiro atoms. The standard InChI is InChI=1S/C63H39N5S/c1-3-14-42(15-4-1)61-64-62(43-16-5-2-6-17-43)66-63(65-61)44-28-26-40(27-29-44)41-30-33-46(34-31-41)67-55-23-10-8-19-50(55)54-39-47(35-37-58(54)67)68-56-24-11-7-18-49(56)53-38-45(32-36-57(53)68)48-21-13-22-52-51-20-9-12-25-59(51)69-60(48)52/h1-39H. The van der Waals surface area contributed by atoms with Crippen LogP contribution in [-0.4, -0.2) is 24.1 Å². The van der Waals surface area contributed by atoms with E-state index >= 15 is 0 Å². The molecule has 0 aliphatic rings. The number of thiophene rings is 1. The minimum absolute atomic E-state index is 0.642. The lowest BCUT2D eigenvalue weighted by atomic mass is 10.0. The quantitative estimate of drug-likeness (QED) is 0.160. The van der Waals surface area contributed by atoms with Gasteiger partial charge in [0, 0.05) is 69.8 Å². The molecule has 322 valence electrons. The largest absolute Gasteiger partial charge is 0.309 e. The number of rotatable bonds is 7. The van der Waals surface area contributed by atoms with Gasteiger partial charge in [-0.3, -0.25) is 0 Å². The molecule has 0 aliphatic heterocycles. The maximum Gasteiger partial charge on any atom is 0.164 e. The van der Waals surface area contributed by atoms with Crippen LogP contribution in [0.2, 0.25) is 0 Å². The van der Waals surface area contributed by atoms with E-state index in [0.29, 0.717) is 17.5 Å². The number of hydrogen-bond acceptors (Lipinski definition) is 4. The summed E-state index contributed by atoms with van der Waals surface area (Å²) >= 11 is 1.88. The van der Waals surface area contributed by atoms with Crippen LogP contribution in [0.5, 0.6) is 0 Å². The number of fused-ring (bicyclic) bond motifs is 9. The van der Waals surface area contributed by atoms with Gasteiger partial charge in [-0.1, -0.05) is 176 Å². The van der Waals surface area contributed by atoms with E-state index in [0.717, 1.165) is 39.2 Å². The summed E-state index contributed by atoms with van der Waals surface area (Å²) in [5.74, 6) is 1.95. The van der Waals surface area contributed by atoms with E-state index in [4.69, 9.17) is 15.0 Å². The van der Waals surface area contributed by atoms with Crippen LogP contribution >= 0.6 is 11.3 Å². The van der Waals surface area contributed by atoms with Crippen molar-refractivity contribution < 1.29 is 0 Å². The lowest BCUT2D eigenvalue weighted by molar-refractivity contribution is 1.07. The molecule has 0 unspecified atom stereocenters. The van der Waals surface area contributed by atoms with Crippen LogP contribution in [0, 0.1) is 0 Å². The third kappa shape index (κ3) is 6.49. The molecule has 10 aromatic carbocycles. The van der Waals surface area contributed by atoms with Crippen LogP contribution in [-0.2, 0) is 0 Å². The first-order chi connectivity index (χ1) is 34.2. The summed E-state index contributed by atoms with van der Waals surface area (Å²) in [6, 6.07) is 84.6. The van der Waals surface area contributed by atoms with Crippen LogP contribution < -0.4 is 0 Å². The Morgan fingerprint density at radius 2 is 0.710 bits per heavy atom. The van der Waals surface area contributed by atoms with E-state index in [2.05, 4.69) is 185 Å². The van der Waals surface area contributed by atoms with Crippen LogP contribution in [0.3, 0.4) is 0 Å². The predicted octanol–water partition coefficient (Wildman–Crippen LogP) is 16.8. The fraction of sp³-hybridized carbons (Fsp3) is 0. The van der Waals surface area contributed by atoms with Gasteiger partial charge in [0.1, 0.15) is 0 Å². The third-order valence-corrected chi connectivity index (χ3v) is 14.8. The summed E-state index contributed by atoms with van der Waals surface area (Å²) in [5.41, 5.74) is 14.6. The number of para-hydroxylation sites is 2. The van der Waals surface area contributed by atoms with Gasteiger partial charge in [0.25, 0.3) is 0 Å². The molecule has 0 bridgehead atoms. The molecule has 4 aromatic heterocycles. The van der Waals surface area contributed by atoms with E-state index in [1.54, 1.807) is 0 Å². The summed E-state index contributed by atoms with van der Waals surface area (Å²) < 4.78 is 7.48. The minimum atomic E-state index is 0.642. The van der Waals surface area contributed by atoms with Gasteiger partial charge in [-0.2, -0.15) is 0 Å². The summed E-state index contributed by atoms with van der Waals surface area (Å²) in [6.07, 6.45) is 0. The Morgan fingerprint density at radius 1 is 0.275 bits per heavy atom. The first kappa shape index (κ1) is 39.2. The highest BCUT2D eigenvalue weighted by molar-refractivity contribution is 7.26. The molecule has 0 N–H and O–H groups in total. The van der Waals surface area contributed by atoms with E-state index < -0.39 is 0 Å². The van der Waals surface area contributed by atoms with Crippen LogP contribution in [0.1, 0.15) is 0 Å². The summed E-state index contributed by atoms with van der Waals surface area (Å²) in [7, 11) is 0. The molecule has 5 nitrogen and oxygen atoms in total.